The van der Waals surface area contributed by atoms with Gasteiger partial charge in [0.05, 0.1) is 19.5 Å². The van der Waals surface area contributed by atoms with Crippen LogP contribution < -0.4 is 16.4 Å². The zero-order valence-corrected chi connectivity index (χ0v) is 34.3. The first-order valence-corrected chi connectivity index (χ1v) is 22.4. The number of nitrogens with one attached hydrogen (secondary N) is 2. The Balaban J connectivity index is 1.46. The zero-order valence-electron chi connectivity index (χ0n) is 30.8. The third-order valence-electron chi connectivity index (χ3n) is 7.74. The van der Waals surface area contributed by atoms with E-state index in [0.717, 1.165) is 41.8 Å². The first kappa shape index (κ1) is 48.4. The van der Waals surface area contributed by atoms with Crippen LogP contribution in [0.3, 0.4) is 0 Å². The number of rotatable bonds is 23. The number of hydrogen-bond donors (Lipinski definition) is 9. The number of phosphoric acid groups is 3. The van der Waals surface area contributed by atoms with Crippen molar-refractivity contribution in [1.29, 1.82) is 0 Å². The molecule has 0 aliphatic carbocycles. The highest BCUT2D eigenvalue weighted by atomic mass is 32.2. The number of thioether (sulfide) groups is 1. The van der Waals surface area contributed by atoms with Gasteiger partial charge in [0, 0.05) is 30.7 Å². The van der Waals surface area contributed by atoms with Crippen LogP contribution in [-0.4, -0.2) is 123 Å². The lowest BCUT2D eigenvalue weighted by Crippen LogP contribution is -2.46. The van der Waals surface area contributed by atoms with Crippen molar-refractivity contribution in [1.82, 2.24) is 30.2 Å². The summed E-state index contributed by atoms with van der Waals surface area (Å²) in [5.41, 5.74) is 4.26. The highest BCUT2D eigenvalue weighted by Gasteiger charge is 2.50. The average molecular weight is 890 g/mol. The van der Waals surface area contributed by atoms with Crippen LogP contribution in [0.1, 0.15) is 46.3 Å². The van der Waals surface area contributed by atoms with Crippen LogP contribution in [0.5, 0.6) is 0 Å². The molecule has 1 fully saturated rings. The van der Waals surface area contributed by atoms with Gasteiger partial charge in [-0.15, -0.1) is 0 Å². The standard InChI is InChI=1S/C29H46N7O17P3S/c1-4-5-6-7-8-9-20(38)57-13-12-31-19(37)10-11-32-27(41)24(40)29(2,3)15-50-56(47,48)53-55(45,46)49-14-18-23(52-54(42,43)44)22(39)28(51-18)36-17-35-21-25(30)33-16-34-26(21)36/h4-5,8-9,16-18,22-24,28,39-40H,6-7,10-15H2,1-3H3,(H,31,37)(H,32,41)(H,45,46)(H,47,48)(H2,30,33,34)(H2,42,43,44)/b5-4+,9-8+. The predicted octanol–water partition coefficient (Wildman–Crippen LogP) is 0.577. The van der Waals surface area contributed by atoms with E-state index in [1.807, 2.05) is 19.1 Å². The molecule has 10 N–H and O–H groups in total. The van der Waals surface area contributed by atoms with Crippen LogP contribution in [0.15, 0.2) is 37.0 Å². The van der Waals surface area contributed by atoms with Crippen LogP contribution in [0.4, 0.5) is 5.82 Å². The number of carbonyl (C=O) groups excluding carboxylic acids is 3. The van der Waals surface area contributed by atoms with Crippen LogP contribution in [0.25, 0.3) is 11.2 Å². The number of phosphoric ester groups is 3. The van der Waals surface area contributed by atoms with Gasteiger partial charge in [-0.2, -0.15) is 4.31 Å². The molecule has 2 aromatic rings. The lowest BCUT2D eigenvalue weighted by molar-refractivity contribution is -0.137. The summed E-state index contributed by atoms with van der Waals surface area (Å²) in [6, 6.07) is 0. The van der Waals surface area contributed by atoms with E-state index in [2.05, 4.69) is 34.4 Å². The van der Waals surface area contributed by atoms with Crippen LogP contribution in [0, 0.1) is 5.41 Å². The van der Waals surface area contributed by atoms with Crippen LogP contribution >= 0.6 is 35.2 Å². The summed E-state index contributed by atoms with van der Waals surface area (Å²) >= 11 is 1.03. The molecule has 24 nitrogen and oxygen atoms in total. The molecule has 1 saturated heterocycles. The minimum Gasteiger partial charge on any atom is -0.386 e. The Morgan fingerprint density at radius 1 is 1.05 bits per heavy atom. The topological polar surface area (TPSA) is 364 Å². The number of allylic oxidation sites excluding steroid dienone is 3. The van der Waals surface area contributed by atoms with E-state index < -0.39 is 84.6 Å². The second-order valence-electron chi connectivity index (χ2n) is 12.8. The predicted molar refractivity (Wildman–Crippen MR) is 200 cm³/mol. The largest absolute Gasteiger partial charge is 0.481 e. The Morgan fingerprint density at radius 3 is 2.42 bits per heavy atom. The van der Waals surface area contributed by atoms with Gasteiger partial charge in [-0.1, -0.05) is 43.8 Å². The van der Waals surface area contributed by atoms with Crippen LogP contribution in [-0.2, 0) is 50.7 Å². The number of hydrogen-bond acceptors (Lipinski definition) is 18. The molecular weight excluding hydrogens is 843 g/mol. The molecule has 3 heterocycles. The molecule has 1 aliphatic heterocycles. The summed E-state index contributed by atoms with van der Waals surface area (Å²) < 4.78 is 62.1. The lowest BCUT2D eigenvalue weighted by atomic mass is 9.87. The molecule has 320 valence electrons. The molecule has 0 radical (unpaired) electrons. The van der Waals surface area contributed by atoms with Gasteiger partial charge < -0.3 is 50.9 Å². The fourth-order valence-corrected chi connectivity index (χ4v) is 8.30. The Bertz CT molecular complexity index is 1910. The number of aliphatic hydroxyl groups is 2. The molecule has 2 aromatic heterocycles. The number of unbranched alkanes of at least 4 members (excludes halogenated alkanes) is 1. The van der Waals surface area contributed by atoms with Gasteiger partial charge in [-0.25, -0.2) is 28.6 Å². The van der Waals surface area contributed by atoms with Gasteiger partial charge >= 0.3 is 23.5 Å². The molecule has 0 bridgehead atoms. The van der Waals surface area contributed by atoms with E-state index in [1.54, 1.807) is 6.08 Å². The second kappa shape index (κ2) is 21.3. The van der Waals surface area contributed by atoms with Gasteiger partial charge in [0.2, 0.25) is 16.9 Å². The molecule has 28 heteroatoms. The Kier molecular flexibility index (Phi) is 18.1. The maximum absolute atomic E-state index is 12.7. The molecule has 57 heavy (non-hydrogen) atoms. The first-order chi connectivity index (χ1) is 26.6. The lowest BCUT2D eigenvalue weighted by Gasteiger charge is -2.30. The van der Waals surface area contributed by atoms with Crippen molar-refractivity contribution in [2.75, 3.05) is 37.8 Å². The molecule has 7 atom stereocenters. The Morgan fingerprint density at radius 2 is 1.74 bits per heavy atom. The Hall–Kier alpha value is -2.96. The van der Waals surface area contributed by atoms with E-state index in [9.17, 15) is 57.9 Å². The molecule has 0 spiro atoms. The number of imidazole rings is 1. The molecule has 3 rings (SSSR count). The van der Waals surface area contributed by atoms with Gasteiger partial charge in [0.1, 0.15) is 36.3 Å². The zero-order chi connectivity index (χ0) is 42.6. The number of aliphatic hydroxyl groups excluding tert-OH is 2. The summed E-state index contributed by atoms with van der Waals surface area (Å²) in [5, 5.41) is 26.2. The van der Waals surface area contributed by atoms with Crippen molar-refractivity contribution in [2.45, 2.75) is 70.7 Å². The number of amides is 2. The summed E-state index contributed by atoms with van der Waals surface area (Å²) in [4.78, 5) is 87.4. The van der Waals surface area contributed by atoms with E-state index in [-0.39, 0.29) is 41.6 Å². The number of fused-ring (bicyclic) bond motifs is 1. The molecule has 0 aromatic carbocycles. The highest BCUT2D eigenvalue weighted by molar-refractivity contribution is 8.14. The summed E-state index contributed by atoms with van der Waals surface area (Å²) in [7, 11) is -16.4. The molecule has 1 aliphatic rings. The average Bonchev–Trinajstić information content (AvgIpc) is 3.68. The third kappa shape index (κ3) is 15.6. The Labute approximate surface area is 330 Å². The second-order valence-corrected chi connectivity index (χ2v) is 18.1. The van der Waals surface area contributed by atoms with E-state index in [0.29, 0.717) is 5.75 Å². The maximum atomic E-state index is 12.7. The number of nitrogens with two attached hydrogens (primary N) is 1. The third-order valence-corrected chi connectivity index (χ3v) is 11.7. The summed E-state index contributed by atoms with van der Waals surface area (Å²) in [6.07, 6.45) is 1.77. The molecule has 2 amide bonds. The van der Waals surface area contributed by atoms with E-state index in [4.69, 9.17) is 19.5 Å². The molecule has 0 saturated carbocycles. The monoisotopic (exact) mass is 889 g/mol. The van der Waals surface area contributed by atoms with Crippen LogP contribution in [0.2, 0.25) is 0 Å². The summed E-state index contributed by atoms with van der Waals surface area (Å²) in [6.45, 7) is 2.38. The van der Waals surface area contributed by atoms with Crippen molar-refractivity contribution in [2.24, 2.45) is 5.41 Å². The van der Waals surface area contributed by atoms with Gasteiger partial charge in [0.25, 0.3) is 0 Å². The smallest absolute Gasteiger partial charge is 0.386 e. The van der Waals surface area contributed by atoms with E-state index in [1.165, 1.54) is 19.9 Å². The van der Waals surface area contributed by atoms with Crippen molar-refractivity contribution in [3.63, 3.8) is 0 Å². The maximum Gasteiger partial charge on any atom is 0.481 e. The van der Waals surface area contributed by atoms with Crippen molar-refractivity contribution < 1.29 is 80.5 Å². The number of ether oxygens (including phenoxy) is 1. The van der Waals surface area contributed by atoms with Gasteiger partial charge in [0.15, 0.2) is 17.7 Å². The number of aromatic nitrogens is 4. The van der Waals surface area contributed by atoms with Gasteiger partial charge in [-0.05, 0) is 25.8 Å². The normalized spacial score (nSPS) is 21.8. The number of carbonyl (C=O) groups is 3. The summed E-state index contributed by atoms with van der Waals surface area (Å²) in [5.74, 6) is -1.14. The van der Waals surface area contributed by atoms with Crippen molar-refractivity contribution in [3.05, 3.63) is 37.0 Å². The number of anilines is 1. The minimum atomic E-state index is -5.57. The van der Waals surface area contributed by atoms with Crippen molar-refractivity contribution in [3.8, 4) is 0 Å². The highest BCUT2D eigenvalue weighted by Crippen LogP contribution is 2.61. The quantitative estimate of drug-likeness (QED) is 0.0319. The number of nitrogens with zero attached hydrogens (tertiary/aromatic N) is 4. The molecule has 7 unspecified atom stereocenters. The fraction of sp³-hybridized carbons (Fsp3) is 0.586. The molecular formula is C29H46N7O17P3S. The first-order valence-electron chi connectivity index (χ1n) is 16.9. The minimum absolute atomic E-state index is 0.0298. The van der Waals surface area contributed by atoms with Crippen molar-refractivity contribution >= 4 is 69.1 Å². The fourth-order valence-electron chi connectivity index (χ4n) is 4.87. The SMILES string of the molecule is C/C=C/CC/C=C/C(=O)SCCNC(=O)CCNC(=O)C(O)C(C)(C)COP(=O)(O)OP(=O)(O)OCC1OC(n2cnc3c(N)ncnc32)C(O)C1OP(=O)(O)O. The van der Waals surface area contributed by atoms with E-state index >= 15 is 0 Å². The van der Waals surface area contributed by atoms with Gasteiger partial charge in [-0.3, -0.25) is 32.5 Å². The number of nitrogen functional groups attached to an aromatic ring is 1.